The van der Waals surface area contributed by atoms with E-state index in [0.717, 1.165) is 23.0 Å². The average molecular weight is 238 g/mol. The molecule has 5 nitrogen and oxygen atoms in total. The molecule has 0 amide bonds. The summed E-state index contributed by atoms with van der Waals surface area (Å²) in [5, 5.41) is 8.88. The Morgan fingerprint density at radius 3 is 3.06 bits per heavy atom. The van der Waals surface area contributed by atoms with Crippen LogP contribution in [0.1, 0.15) is 25.5 Å². The topological polar surface area (TPSA) is 63.0 Å². The predicted molar refractivity (Wildman–Crippen MR) is 64.0 cm³/mol. The number of aryl methyl sites for hydroxylation is 1. The molecule has 2 aromatic rings. The highest BCUT2D eigenvalue weighted by Crippen LogP contribution is 2.18. The minimum Gasteiger partial charge on any atom is -0.291 e. The molecular formula is C10H14N4OS. The summed E-state index contributed by atoms with van der Waals surface area (Å²) in [6.45, 7) is 4.04. The van der Waals surface area contributed by atoms with Crippen LogP contribution in [-0.4, -0.2) is 25.3 Å². The number of aromatic nitrogens is 4. The highest BCUT2D eigenvalue weighted by atomic mass is 32.2. The Hall–Kier alpha value is -1.30. The van der Waals surface area contributed by atoms with Gasteiger partial charge in [0, 0.05) is 17.5 Å². The first kappa shape index (κ1) is 11.2. The van der Waals surface area contributed by atoms with Gasteiger partial charge in [-0.1, -0.05) is 25.1 Å². The van der Waals surface area contributed by atoms with Crippen LogP contribution >= 0.6 is 11.8 Å². The fourth-order valence-corrected chi connectivity index (χ4v) is 2.54. The highest BCUT2D eigenvalue weighted by Gasteiger charge is 2.08. The lowest BCUT2D eigenvalue weighted by Gasteiger charge is -2.01. The number of nitrogens with one attached hydrogen (secondary N) is 1. The van der Waals surface area contributed by atoms with Gasteiger partial charge < -0.3 is 0 Å². The summed E-state index contributed by atoms with van der Waals surface area (Å²) in [5.41, 5.74) is 0.727. The summed E-state index contributed by atoms with van der Waals surface area (Å²) in [7, 11) is 0. The van der Waals surface area contributed by atoms with Gasteiger partial charge in [0.05, 0.1) is 0 Å². The van der Waals surface area contributed by atoms with E-state index >= 15 is 0 Å². The average Bonchev–Trinajstić information content (AvgIpc) is 2.62. The van der Waals surface area contributed by atoms with Crippen molar-refractivity contribution in [2.24, 2.45) is 0 Å². The Kier molecular flexibility index (Phi) is 3.28. The number of H-pyrrole nitrogens is 1. The van der Waals surface area contributed by atoms with E-state index in [2.05, 4.69) is 22.1 Å². The van der Waals surface area contributed by atoms with Gasteiger partial charge in [0.2, 0.25) is 5.78 Å². The number of rotatable bonds is 4. The van der Waals surface area contributed by atoms with E-state index in [9.17, 15) is 4.79 Å². The number of thioether (sulfide) groups is 1. The normalized spacial score (nSPS) is 11.1. The zero-order chi connectivity index (χ0) is 11.5. The van der Waals surface area contributed by atoms with Crippen LogP contribution in [0.3, 0.4) is 0 Å². The Labute approximate surface area is 97.3 Å². The summed E-state index contributed by atoms with van der Waals surface area (Å²) in [5.74, 6) is 1.54. The molecule has 0 aliphatic carbocycles. The number of nitrogens with zero attached hydrogens (tertiary/aromatic N) is 3. The molecule has 0 radical (unpaired) electrons. The van der Waals surface area contributed by atoms with Crippen LogP contribution in [0, 0.1) is 6.92 Å². The molecule has 0 saturated heterocycles. The predicted octanol–water partition coefficient (Wildman–Crippen LogP) is 1.62. The van der Waals surface area contributed by atoms with Crippen LogP contribution in [0.25, 0.3) is 5.78 Å². The molecule has 0 spiro atoms. The van der Waals surface area contributed by atoms with E-state index in [1.54, 1.807) is 17.8 Å². The molecule has 2 rings (SSSR count). The molecule has 86 valence electrons. The maximum atomic E-state index is 11.2. The van der Waals surface area contributed by atoms with Crippen molar-refractivity contribution in [3.05, 3.63) is 22.1 Å². The Bertz CT molecular complexity index is 545. The molecule has 0 unspecified atom stereocenters. The minimum atomic E-state index is -0.137. The van der Waals surface area contributed by atoms with Crippen molar-refractivity contribution < 1.29 is 0 Å². The van der Waals surface area contributed by atoms with Gasteiger partial charge in [-0.05, 0) is 13.3 Å². The standard InChI is InChI=1S/C10H14N4OS/c1-3-4-5-16-10-13-12-9-11-8(15)6-7(2)14(9)10/h6H,3-5H2,1-2H3,(H,11,12,15). The number of aromatic amines is 1. The molecule has 0 aromatic carbocycles. The van der Waals surface area contributed by atoms with Gasteiger partial charge >= 0.3 is 0 Å². The molecule has 16 heavy (non-hydrogen) atoms. The lowest BCUT2D eigenvalue weighted by atomic mass is 10.4. The summed E-state index contributed by atoms with van der Waals surface area (Å²) in [4.78, 5) is 13.9. The second-order valence-electron chi connectivity index (χ2n) is 3.62. The monoisotopic (exact) mass is 238 g/mol. The third-order valence-electron chi connectivity index (χ3n) is 2.29. The van der Waals surface area contributed by atoms with Gasteiger partial charge in [-0.2, -0.15) is 0 Å². The van der Waals surface area contributed by atoms with Crippen molar-refractivity contribution in [3.8, 4) is 0 Å². The SMILES string of the molecule is CCCCSc1nnc2[nH]c(=O)cc(C)n12. The first-order chi connectivity index (χ1) is 7.72. The van der Waals surface area contributed by atoms with Crippen molar-refractivity contribution >= 4 is 17.5 Å². The third-order valence-corrected chi connectivity index (χ3v) is 3.31. The molecule has 1 N–H and O–H groups in total. The smallest absolute Gasteiger partial charge is 0.252 e. The largest absolute Gasteiger partial charge is 0.291 e. The summed E-state index contributed by atoms with van der Waals surface area (Å²) in [6.07, 6.45) is 2.32. The first-order valence-corrected chi connectivity index (χ1v) is 6.29. The van der Waals surface area contributed by atoms with E-state index in [4.69, 9.17) is 0 Å². The van der Waals surface area contributed by atoms with Crippen LogP contribution in [0.4, 0.5) is 0 Å². The number of hydrogen-bond donors (Lipinski definition) is 1. The van der Waals surface area contributed by atoms with Crippen molar-refractivity contribution in [3.63, 3.8) is 0 Å². The van der Waals surface area contributed by atoms with Crippen molar-refractivity contribution in [1.29, 1.82) is 0 Å². The van der Waals surface area contributed by atoms with Crippen molar-refractivity contribution in [1.82, 2.24) is 19.6 Å². The Morgan fingerprint density at radius 1 is 1.50 bits per heavy atom. The fraction of sp³-hybridized carbons (Fsp3) is 0.500. The highest BCUT2D eigenvalue weighted by molar-refractivity contribution is 7.99. The third kappa shape index (κ3) is 2.11. The number of hydrogen-bond acceptors (Lipinski definition) is 4. The molecule has 0 aliphatic rings. The van der Waals surface area contributed by atoms with Crippen LogP contribution in [0.15, 0.2) is 16.0 Å². The molecule has 6 heteroatoms. The van der Waals surface area contributed by atoms with Crippen molar-refractivity contribution in [2.45, 2.75) is 31.8 Å². The first-order valence-electron chi connectivity index (χ1n) is 5.30. The lowest BCUT2D eigenvalue weighted by molar-refractivity contribution is 0.867. The van der Waals surface area contributed by atoms with Crippen LogP contribution in [0.5, 0.6) is 0 Å². The Balaban J connectivity index is 2.36. The van der Waals surface area contributed by atoms with E-state index in [1.165, 1.54) is 6.42 Å². The van der Waals surface area contributed by atoms with E-state index in [-0.39, 0.29) is 5.56 Å². The zero-order valence-electron chi connectivity index (χ0n) is 9.36. The van der Waals surface area contributed by atoms with E-state index < -0.39 is 0 Å². The molecule has 2 heterocycles. The maximum absolute atomic E-state index is 11.2. The molecule has 0 saturated carbocycles. The lowest BCUT2D eigenvalue weighted by Crippen LogP contribution is -2.09. The number of fused-ring (bicyclic) bond motifs is 1. The van der Waals surface area contributed by atoms with Crippen LogP contribution < -0.4 is 5.56 Å². The maximum Gasteiger partial charge on any atom is 0.252 e. The van der Waals surface area contributed by atoms with Gasteiger partial charge in [0.1, 0.15) is 0 Å². The van der Waals surface area contributed by atoms with Crippen LogP contribution in [0.2, 0.25) is 0 Å². The zero-order valence-corrected chi connectivity index (χ0v) is 10.2. The van der Waals surface area contributed by atoms with E-state index in [1.807, 2.05) is 11.3 Å². The molecule has 0 aliphatic heterocycles. The quantitative estimate of drug-likeness (QED) is 0.649. The van der Waals surface area contributed by atoms with Gasteiger partial charge in [-0.3, -0.25) is 14.2 Å². The van der Waals surface area contributed by atoms with Gasteiger partial charge in [-0.15, -0.1) is 10.2 Å². The second-order valence-corrected chi connectivity index (χ2v) is 4.68. The molecule has 2 aromatic heterocycles. The van der Waals surface area contributed by atoms with Crippen molar-refractivity contribution in [2.75, 3.05) is 5.75 Å². The summed E-state index contributed by atoms with van der Waals surface area (Å²) >= 11 is 1.67. The van der Waals surface area contributed by atoms with Gasteiger partial charge in [0.15, 0.2) is 5.16 Å². The molecule has 0 bridgehead atoms. The van der Waals surface area contributed by atoms with Gasteiger partial charge in [-0.25, -0.2) is 0 Å². The number of unbranched alkanes of at least 4 members (excludes halogenated alkanes) is 1. The minimum absolute atomic E-state index is 0.137. The molecular weight excluding hydrogens is 224 g/mol. The Morgan fingerprint density at radius 2 is 2.31 bits per heavy atom. The van der Waals surface area contributed by atoms with Crippen LogP contribution in [-0.2, 0) is 0 Å². The molecule has 0 atom stereocenters. The van der Waals surface area contributed by atoms with Gasteiger partial charge in [0.25, 0.3) is 5.56 Å². The second kappa shape index (κ2) is 4.69. The fourth-order valence-electron chi connectivity index (χ4n) is 1.47. The van der Waals surface area contributed by atoms with E-state index in [0.29, 0.717) is 5.78 Å². The molecule has 0 fully saturated rings. The summed E-state index contributed by atoms with van der Waals surface area (Å²) in [6, 6.07) is 1.56. The summed E-state index contributed by atoms with van der Waals surface area (Å²) < 4.78 is 1.88.